The van der Waals surface area contributed by atoms with Gasteiger partial charge in [0.15, 0.2) is 0 Å². The van der Waals surface area contributed by atoms with E-state index in [1.165, 1.54) is 7.11 Å². The molecular formula is C12H18BrFN2O3S. The van der Waals surface area contributed by atoms with E-state index in [-0.39, 0.29) is 27.7 Å². The van der Waals surface area contributed by atoms with E-state index in [1.54, 1.807) is 0 Å². The molecule has 5 nitrogen and oxygen atoms in total. The first-order valence-electron chi connectivity index (χ1n) is 6.07. The molecule has 0 saturated heterocycles. The topological polar surface area (TPSA) is 81.4 Å². The third-order valence-corrected chi connectivity index (χ3v) is 4.85. The Labute approximate surface area is 126 Å². The van der Waals surface area contributed by atoms with E-state index in [9.17, 15) is 12.8 Å². The van der Waals surface area contributed by atoms with Crippen LogP contribution in [0.4, 0.5) is 10.1 Å². The Morgan fingerprint density at radius 2 is 2.15 bits per heavy atom. The maximum Gasteiger partial charge on any atom is 0.242 e. The van der Waals surface area contributed by atoms with Crippen molar-refractivity contribution in [3.63, 3.8) is 0 Å². The third kappa shape index (κ3) is 4.41. The largest absolute Gasteiger partial charge is 0.398 e. The second kappa shape index (κ2) is 7.35. The lowest BCUT2D eigenvalue weighted by molar-refractivity contribution is 0.171. The van der Waals surface area contributed by atoms with Crippen molar-refractivity contribution in [1.82, 2.24) is 4.72 Å². The lowest BCUT2D eigenvalue weighted by Crippen LogP contribution is -2.38. The van der Waals surface area contributed by atoms with E-state index in [0.717, 1.165) is 18.6 Å². The van der Waals surface area contributed by atoms with Crippen molar-refractivity contribution in [3.05, 3.63) is 22.4 Å². The molecule has 0 bridgehead atoms. The molecule has 0 spiro atoms. The Bertz CT molecular complexity index is 560. The molecule has 20 heavy (non-hydrogen) atoms. The fourth-order valence-electron chi connectivity index (χ4n) is 1.79. The molecule has 0 aromatic heterocycles. The number of halogens is 2. The number of anilines is 1. The summed E-state index contributed by atoms with van der Waals surface area (Å²) in [6.45, 7) is 2.20. The molecule has 3 N–H and O–H groups in total. The first-order chi connectivity index (χ1) is 9.31. The molecule has 1 aromatic carbocycles. The lowest BCUT2D eigenvalue weighted by atomic mass is 10.2. The minimum Gasteiger partial charge on any atom is -0.398 e. The van der Waals surface area contributed by atoms with Crippen molar-refractivity contribution in [2.24, 2.45) is 0 Å². The molecule has 0 aliphatic heterocycles. The quantitative estimate of drug-likeness (QED) is 0.723. The van der Waals surface area contributed by atoms with Crippen molar-refractivity contribution in [1.29, 1.82) is 0 Å². The normalized spacial score (nSPS) is 13.4. The van der Waals surface area contributed by atoms with Crippen LogP contribution in [-0.2, 0) is 14.8 Å². The highest BCUT2D eigenvalue weighted by molar-refractivity contribution is 9.10. The molecule has 0 heterocycles. The fourth-order valence-corrected chi connectivity index (χ4v) is 3.67. The van der Waals surface area contributed by atoms with Gasteiger partial charge in [-0.15, -0.1) is 0 Å². The Morgan fingerprint density at radius 1 is 1.50 bits per heavy atom. The number of nitrogens with two attached hydrogens (primary N) is 1. The van der Waals surface area contributed by atoms with Gasteiger partial charge in [0, 0.05) is 13.2 Å². The van der Waals surface area contributed by atoms with E-state index in [0.29, 0.717) is 6.42 Å². The van der Waals surface area contributed by atoms with Crippen LogP contribution < -0.4 is 10.5 Å². The molecule has 0 radical (unpaired) electrons. The highest BCUT2D eigenvalue weighted by Crippen LogP contribution is 2.26. The van der Waals surface area contributed by atoms with E-state index in [1.807, 2.05) is 6.92 Å². The van der Waals surface area contributed by atoms with E-state index >= 15 is 0 Å². The van der Waals surface area contributed by atoms with Gasteiger partial charge in [-0.25, -0.2) is 17.5 Å². The smallest absolute Gasteiger partial charge is 0.242 e. The van der Waals surface area contributed by atoms with Crippen LogP contribution in [0.25, 0.3) is 0 Å². The minimum atomic E-state index is -3.83. The summed E-state index contributed by atoms with van der Waals surface area (Å²) in [5, 5.41) is 0. The van der Waals surface area contributed by atoms with Crippen LogP contribution in [0.5, 0.6) is 0 Å². The highest BCUT2D eigenvalue weighted by Gasteiger charge is 2.23. The first kappa shape index (κ1) is 17.4. The molecule has 8 heteroatoms. The average molecular weight is 369 g/mol. The van der Waals surface area contributed by atoms with Gasteiger partial charge in [0.25, 0.3) is 0 Å². The van der Waals surface area contributed by atoms with E-state index in [2.05, 4.69) is 20.7 Å². The highest BCUT2D eigenvalue weighted by atomic mass is 79.9. The number of hydrogen-bond acceptors (Lipinski definition) is 4. The van der Waals surface area contributed by atoms with Gasteiger partial charge < -0.3 is 10.5 Å². The Morgan fingerprint density at radius 3 is 2.70 bits per heavy atom. The Kier molecular flexibility index (Phi) is 6.38. The Hall–Kier alpha value is -0.700. The first-order valence-corrected chi connectivity index (χ1v) is 8.35. The summed E-state index contributed by atoms with van der Waals surface area (Å²) in [6, 6.07) is 1.78. The molecule has 1 unspecified atom stereocenters. The summed E-state index contributed by atoms with van der Waals surface area (Å²) >= 11 is 2.95. The van der Waals surface area contributed by atoms with Gasteiger partial charge in [-0.05, 0) is 34.5 Å². The van der Waals surface area contributed by atoms with Gasteiger partial charge in [0.1, 0.15) is 10.7 Å². The van der Waals surface area contributed by atoms with Crippen LogP contribution in [0.15, 0.2) is 21.5 Å². The van der Waals surface area contributed by atoms with Gasteiger partial charge in [-0.3, -0.25) is 0 Å². The van der Waals surface area contributed by atoms with Crippen molar-refractivity contribution in [3.8, 4) is 0 Å². The van der Waals surface area contributed by atoms with Crippen LogP contribution in [0, 0.1) is 5.82 Å². The number of ether oxygens (including phenoxy) is 1. The number of methoxy groups -OCH3 is 1. The number of benzene rings is 1. The molecule has 0 amide bonds. The molecular weight excluding hydrogens is 351 g/mol. The molecule has 1 atom stereocenters. The van der Waals surface area contributed by atoms with Crippen LogP contribution in [0.3, 0.4) is 0 Å². The summed E-state index contributed by atoms with van der Waals surface area (Å²) < 4.78 is 45.4. The van der Waals surface area contributed by atoms with Crippen LogP contribution in [-0.4, -0.2) is 28.2 Å². The molecule has 1 aromatic rings. The van der Waals surface area contributed by atoms with Gasteiger partial charge >= 0.3 is 0 Å². The molecule has 1 rings (SSSR count). The zero-order valence-electron chi connectivity index (χ0n) is 11.3. The zero-order valence-corrected chi connectivity index (χ0v) is 13.7. The molecule has 0 aliphatic rings. The average Bonchev–Trinajstić information content (AvgIpc) is 2.33. The van der Waals surface area contributed by atoms with E-state index in [4.69, 9.17) is 10.5 Å². The van der Waals surface area contributed by atoms with Gasteiger partial charge in [0.05, 0.1) is 16.8 Å². The number of nitrogens with one attached hydrogen (secondary N) is 1. The second-order valence-electron chi connectivity index (χ2n) is 4.37. The SMILES string of the molecule is CCCC(COC)NS(=O)(=O)c1cc(Br)c(F)cc1N. The van der Waals surface area contributed by atoms with Crippen molar-refractivity contribution < 1.29 is 17.5 Å². The van der Waals surface area contributed by atoms with Gasteiger partial charge in [-0.1, -0.05) is 13.3 Å². The van der Waals surface area contributed by atoms with Crippen LogP contribution in [0.1, 0.15) is 19.8 Å². The predicted octanol–water partition coefficient (Wildman–Crippen LogP) is 2.26. The number of hydrogen-bond donors (Lipinski definition) is 2. The maximum atomic E-state index is 13.3. The summed E-state index contributed by atoms with van der Waals surface area (Å²) in [6.07, 6.45) is 1.44. The molecule has 0 aliphatic carbocycles. The number of sulfonamides is 1. The Balaban J connectivity index is 3.07. The van der Waals surface area contributed by atoms with Crippen LogP contribution >= 0.6 is 15.9 Å². The maximum absolute atomic E-state index is 13.3. The van der Waals surface area contributed by atoms with E-state index < -0.39 is 15.8 Å². The van der Waals surface area contributed by atoms with Crippen molar-refractivity contribution in [2.75, 3.05) is 19.5 Å². The monoisotopic (exact) mass is 368 g/mol. The standard InChI is InChI=1S/C12H18BrFN2O3S/c1-3-4-8(7-19-2)16-20(17,18)12-5-9(13)10(14)6-11(12)15/h5-6,8,16H,3-4,7,15H2,1-2H3. The molecule has 114 valence electrons. The minimum absolute atomic E-state index is 0.0471. The number of rotatable bonds is 7. The van der Waals surface area contributed by atoms with Gasteiger partial charge in [-0.2, -0.15) is 0 Å². The predicted molar refractivity (Wildman–Crippen MR) is 79.4 cm³/mol. The molecule has 0 saturated carbocycles. The fraction of sp³-hybridized carbons (Fsp3) is 0.500. The zero-order chi connectivity index (χ0) is 15.3. The van der Waals surface area contributed by atoms with Crippen molar-refractivity contribution >= 4 is 31.6 Å². The van der Waals surface area contributed by atoms with Gasteiger partial charge in [0.2, 0.25) is 10.0 Å². The van der Waals surface area contributed by atoms with Crippen LogP contribution in [0.2, 0.25) is 0 Å². The summed E-state index contributed by atoms with van der Waals surface area (Å²) in [5.74, 6) is -0.608. The summed E-state index contributed by atoms with van der Waals surface area (Å²) in [5.41, 5.74) is 5.46. The second-order valence-corrected chi connectivity index (χ2v) is 6.90. The molecule has 0 fully saturated rings. The summed E-state index contributed by atoms with van der Waals surface area (Å²) in [4.78, 5) is -0.150. The third-order valence-electron chi connectivity index (χ3n) is 2.67. The summed E-state index contributed by atoms with van der Waals surface area (Å²) in [7, 11) is -2.33. The van der Waals surface area contributed by atoms with Crippen molar-refractivity contribution in [2.45, 2.75) is 30.7 Å². The number of nitrogen functional groups attached to an aromatic ring is 1. The lowest BCUT2D eigenvalue weighted by Gasteiger charge is -2.18.